The van der Waals surface area contributed by atoms with Crippen LogP contribution in [0.4, 0.5) is 0 Å². The molecule has 0 aromatic rings. The molecule has 4 N–H and O–H groups in total. The predicted molar refractivity (Wildman–Crippen MR) is 179 cm³/mol. The Hall–Kier alpha value is -0.940. The first kappa shape index (κ1) is 38.1. The maximum absolute atomic E-state index is 5.67. The van der Waals surface area contributed by atoms with Crippen LogP contribution in [0.2, 0.25) is 0 Å². The molecule has 0 rings (SSSR count). The molecule has 0 heterocycles. The Morgan fingerprint density at radius 1 is 0.821 bits per heavy atom. The number of hydrogen-bond donors (Lipinski definition) is 4. The van der Waals surface area contributed by atoms with E-state index in [2.05, 4.69) is 98.6 Å². The van der Waals surface area contributed by atoms with Crippen LogP contribution in [0.25, 0.3) is 0 Å². The average molecular weight is 583 g/mol. The van der Waals surface area contributed by atoms with Crippen molar-refractivity contribution in [3.05, 3.63) is 24.7 Å². The number of hydrogen-bond acceptors (Lipinski definition) is 7. The fraction of sp³-hybridized carbons (Fsp3) is 0.812. The van der Waals surface area contributed by atoms with Crippen molar-refractivity contribution in [1.82, 2.24) is 21.3 Å². The summed E-state index contributed by atoms with van der Waals surface area (Å²) in [4.78, 5) is 0. The van der Waals surface area contributed by atoms with E-state index in [0.717, 1.165) is 51.5 Å². The molecule has 228 valence electrons. The second-order valence-electron chi connectivity index (χ2n) is 11.5. The number of allylic oxidation sites excluding steroid dienone is 1. The summed E-state index contributed by atoms with van der Waals surface area (Å²) >= 11 is 0. The molecule has 0 spiro atoms. The lowest BCUT2D eigenvalue weighted by molar-refractivity contribution is 0.130. The van der Waals surface area contributed by atoms with Crippen molar-refractivity contribution in [2.24, 2.45) is 5.92 Å². The summed E-state index contributed by atoms with van der Waals surface area (Å²) in [5.74, 6) is 8.80. The molecule has 0 aromatic heterocycles. The summed E-state index contributed by atoms with van der Waals surface area (Å²) in [6, 6.07) is 0.534. The van der Waals surface area contributed by atoms with E-state index in [1.165, 1.54) is 62.8 Å². The van der Waals surface area contributed by atoms with E-state index in [4.69, 9.17) is 4.74 Å². The number of ether oxygens (including phenoxy) is 1. The number of unbranched alkanes of at least 4 members (excludes halogenated alkanes) is 5. The molecule has 5 nitrogen and oxygen atoms in total. The molecule has 0 saturated heterocycles. The lowest BCUT2D eigenvalue weighted by atomic mass is 10.0. The lowest BCUT2D eigenvalue weighted by Crippen LogP contribution is -2.26. The van der Waals surface area contributed by atoms with Crippen molar-refractivity contribution in [2.75, 3.05) is 45.1 Å². The smallest absolute Gasteiger partial charge is 0.0919 e. The fourth-order valence-electron chi connectivity index (χ4n) is 3.70. The van der Waals surface area contributed by atoms with E-state index in [0.29, 0.717) is 23.3 Å². The second-order valence-corrected chi connectivity index (χ2v) is 14.6. The molecule has 0 bridgehead atoms. The first-order valence-electron chi connectivity index (χ1n) is 15.3. The summed E-state index contributed by atoms with van der Waals surface area (Å²) in [6.07, 6.45) is 12.1. The van der Waals surface area contributed by atoms with Crippen LogP contribution in [0.15, 0.2) is 24.7 Å². The highest BCUT2D eigenvalue weighted by molar-refractivity contribution is 8.77. The topological polar surface area (TPSA) is 57.3 Å². The third-order valence-electron chi connectivity index (χ3n) is 5.96. The van der Waals surface area contributed by atoms with E-state index < -0.39 is 0 Å². The zero-order valence-electron chi connectivity index (χ0n) is 26.3. The van der Waals surface area contributed by atoms with Gasteiger partial charge in [0.25, 0.3) is 0 Å². The molecule has 0 unspecified atom stereocenters. The molecular weight excluding hydrogens is 521 g/mol. The Morgan fingerprint density at radius 3 is 2.23 bits per heavy atom. The standard InChI is InChI=1S/C32H62N4OS2/c1-28(2)18-17-23-36-31(6)35-22-12-9-10-15-27-38-39-32(7,8)20-16-19-30(5)34-21-13-11-14-25-37-26-24-33-29(3)4/h28-29,33-36H,5-6,9-16,19-27H2,1-4,7-8H3. The molecular formula is C32H62N4OS2. The Bertz CT molecular complexity index is 671. The molecule has 0 aliphatic rings. The van der Waals surface area contributed by atoms with E-state index in [9.17, 15) is 0 Å². The molecule has 0 saturated carbocycles. The predicted octanol–water partition coefficient (Wildman–Crippen LogP) is 7.48. The first-order chi connectivity index (χ1) is 18.6. The monoisotopic (exact) mass is 582 g/mol. The maximum atomic E-state index is 5.67. The van der Waals surface area contributed by atoms with Gasteiger partial charge in [0.2, 0.25) is 0 Å². The van der Waals surface area contributed by atoms with Gasteiger partial charge >= 0.3 is 0 Å². The van der Waals surface area contributed by atoms with Crippen LogP contribution in [0.5, 0.6) is 0 Å². The van der Waals surface area contributed by atoms with Crippen LogP contribution in [0.3, 0.4) is 0 Å². The molecule has 7 heteroatoms. The fourth-order valence-corrected chi connectivity index (χ4v) is 6.46. The van der Waals surface area contributed by atoms with Gasteiger partial charge in [-0.15, -0.1) is 0 Å². The van der Waals surface area contributed by atoms with Gasteiger partial charge in [-0.1, -0.05) is 87.1 Å². The van der Waals surface area contributed by atoms with Crippen LogP contribution in [-0.4, -0.2) is 55.9 Å². The van der Waals surface area contributed by atoms with Crippen molar-refractivity contribution >= 4 is 21.6 Å². The largest absolute Gasteiger partial charge is 0.389 e. The SMILES string of the molecule is C=C(CCCC(C)(C)SSCCCCCCNC(=C)NCC#CC(C)C)NCCCCCOCCNC(C)C. The summed E-state index contributed by atoms with van der Waals surface area (Å²) in [7, 11) is 4.10. The van der Waals surface area contributed by atoms with Gasteiger partial charge in [0, 0.05) is 54.4 Å². The Morgan fingerprint density at radius 2 is 1.51 bits per heavy atom. The van der Waals surface area contributed by atoms with Crippen LogP contribution in [0.1, 0.15) is 106 Å². The zero-order valence-corrected chi connectivity index (χ0v) is 27.9. The van der Waals surface area contributed by atoms with Gasteiger partial charge in [0.15, 0.2) is 0 Å². The Balaban J connectivity index is 3.54. The van der Waals surface area contributed by atoms with Gasteiger partial charge in [-0.2, -0.15) is 0 Å². The van der Waals surface area contributed by atoms with Crippen LogP contribution < -0.4 is 21.3 Å². The molecule has 0 fully saturated rings. The Kier molecular flexibility index (Phi) is 25.4. The lowest BCUT2D eigenvalue weighted by Gasteiger charge is -2.23. The van der Waals surface area contributed by atoms with Gasteiger partial charge in [0.1, 0.15) is 0 Å². The van der Waals surface area contributed by atoms with E-state index >= 15 is 0 Å². The van der Waals surface area contributed by atoms with Gasteiger partial charge < -0.3 is 26.0 Å². The van der Waals surface area contributed by atoms with E-state index in [1.54, 1.807) is 0 Å². The van der Waals surface area contributed by atoms with Crippen LogP contribution in [-0.2, 0) is 4.74 Å². The second kappa shape index (κ2) is 26.0. The number of nitrogens with one attached hydrogen (secondary N) is 4. The highest BCUT2D eigenvalue weighted by atomic mass is 33.1. The van der Waals surface area contributed by atoms with Crippen molar-refractivity contribution in [1.29, 1.82) is 0 Å². The van der Waals surface area contributed by atoms with Crippen molar-refractivity contribution < 1.29 is 4.74 Å². The average Bonchev–Trinajstić information content (AvgIpc) is 2.86. The van der Waals surface area contributed by atoms with Gasteiger partial charge in [-0.25, -0.2) is 0 Å². The molecule has 0 aliphatic heterocycles. The molecule has 0 radical (unpaired) electrons. The highest BCUT2D eigenvalue weighted by Gasteiger charge is 2.18. The third kappa shape index (κ3) is 29.9. The minimum atomic E-state index is 0.312. The van der Waals surface area contributed by atoms with Gasteiger partial charge in [-0.05, 0) is 65.2 Å². The van der Waals surface area contributed by atoms with Gasteiger partial charge in [-0.3, -0.25) is 0 Å². The summed E-state index contributed by atoms with van der Waals surface area (Å²) in [5.41, 5.74) is 1.19. The normalized spacial score (nSPS) is 11.4. The van der Waals surface area contributed by atoms with E-state index in [1.807, 2.05) is 10.8 Å². The zero-order chi connectivity index (χ0) is 29.2. The molecule has 0 aliphatic carbocycles. The molecule has 0 amide bonds. The van der Waals surface area contributed by atoms with Crippen molar-refractivity contribution in [3.63, 3.8) is 0 Å². The van der Waals surface area contributed by atoms with Crippen molar-refractivity contribution in [3.8, 4) is 11.8 Å². The van der Waals surface area contributed by atoms with E-state index in [-0.39, 0.29) is 0 Å². The molecule has 39 heavy (non-hydrogen) atoms. The number of rotatable bonds is 27. The van der Waals surface area contributed by atoms with Crippen LogP contribution in [0, 0.1) is 17.8 Å². The Labute approximate surface area is 251 Å². The highest BCUT2D eigenvalue weighted by Crippen LogP contribution is 2.39. The summed E-state index contributed by atoms with van der Waals surface area (Å²) in [6.45, 7) is 26.8. The minimum absolute atomic E-state index is 0.312. The quantitative estimate of drug-likeness (QED) is 0.0455. The summed E-state index contributed by atoms with van der Waals surface area (Å²) in [5, 5.41) is 13.5. The summed E-state index contributed by atoms with van der Waals surface area (Å²) < 4.78 is 5.98. The van der Waals surface area contributed by atoms with Crippen molar-refractivity contribution in [2.45, 2.75) is 117 Å². The van der Waals surface area contributed by atoms with Gasteiger partial charge in [0.05, 0.1) is 19.0 Å². The molecule has 0 atom stereocenters. The van der Waals surface area contributed by atoms with Crippen LogP contribution >= 0.6 is 21.6 Å². The third-order valence-corrected chi connectivity index (χ3v) is 9.39. The minimum Gasteiger partial charge on any atom is -0.389 e. The maximum Gasteiger partial charge on any atom is 0.0919 e. The molecule has 0 aromatic carbocycles. The first-order valence-corrected chi connectivity index (χ1v) is 17.6.